The summed E-state index contributed by atoms with van der Waals surface area (Å²) in [4.78, 5) is 11.0. The van der Waals surface area contributed by atoms with E-state index in [1.54, 1.807) is 13.8 Å². The van der Waals surface area contributed by atoms with Crippen LogP contribution in [0.25, 0.3) is 0 Å². The molecule has 0 unspecified atom stereocenters. The van der Waals surface area contributed by atoms with Gasteiger partial charge in [0.15, 0.2) is 0 Å². The predicted molar refractivity (Wildman–Crippen MR) is 45.1 cm³/mol. The van der Waals surface area contributed by atoms with Gasteiger partial charge in [-0.3, -0.25) is 0 Å². The zero-order valence-electron chi connectivity index (χ0n) is 7.26. The predicted octanol–water partition coefficient (Wildman–Crippen LogP) is 1.58. The number of ether oxygens (including phenoxy) is 1. The zero-order chi connectivity index (χ0) is 9.56. The molecule has 0 amide bonds. The average molecular weight is 165 g/mol. The first-order valence-electron chi connectivity index (χ1n) is 3.56. The Balaban J connectivity index is 4.29. The van der Waals surface area contributed by atoms with Gasteiger partial charge in [0.2, 0.25) is 0 Å². The number of rotatable bonds is 3. The second kappa shape index (κ2) is 5.14. The van der Waals surface area contributed by atoms with E-state index in [0.29, 0.717) is 12.2 Å². The minimum atomic E-state index is -0.408. The molecule has 0 rings (SSSR count). The smallest absolute Gasteiger partial charge is 0.333 e. The van der Waals surface area contributed by atoms with Crippen molar-refractivity contribution in [2.45, 2.75) is 13.8 Å². The summed E-state index contributed by atoms with van der Waals surface area (Å²) in [6.07, 6.45) is 1.40. The van der Waals surface area contributed by atoms with Gasteiger partial charge < -0.3 is 4.74 Å². The van der Waals surface area contributed by atoms with E-state index in [1.807, 2.05) is 6.07 Å². The van der Waals surface area contributed by atoms with Crippen molar-refractivity contribution >= 4 is 5.97 Å². The molecule has 0 N–H and O–H groups in total. The van der Waals surface area contributed by atoms with E-state index in [1.165, 1.54) is 6.08 Å². The Bertz CT molecular complexity index is 258. The van der Waals surface area contributed by atoms with Crippen LogP contribution in [0.5, 0.6) is 0 Å². The van der Waals surface area contributed by atoms with Gasteiger partial charge in [0.25, 0.3) is 0 Å². The summed E-state index contributed by atoms with van der Waals surface area (Å²) in [6, 6.07) is 1.81. The molecule has 0 atom stereocenters. The van der Waals surface area contributed by atoms with Crippen molar-refractivity contribution in [3.63, 3.8) is 0 Å². The molecular weight excluding hydrogens is 154 g/mol. The topological polar surface area (TPSA) is 50.1 Å². The highest BCUT2D eigenvalue weighted by Gasteiger charge is 2.03. The lowest BCUT2D eigenvalue weighted by atomic mass is 10.2. The monoisotopic (exact) mass is 165 g/mol. The molecule has 0 aromatic rings. The minimum absolute atomic E-state index is 0.251. The normalized spacial score (nSPS) is 10.2. The van der Waals surface area contributed by atoms with Crippen LogP contribution in [-0.2, 0) is 9.53 Å². The maximum atomic E-state index is 11.0. The van der Waals surface area contributed by atoms with Gasteiger partial charge in [0.1, 0.15) is 0 Å². The molecule has 64 valence electrons. The Morgan fingerprint density at radius 2 is 2.33 bits per heavy atom. The number of esters is 1. The quantitative estimate of drug-likeness (QED) is 0.276. The van der Waals surface area contributed by atoms with E-state index < -0.39 is 5.97 Å². The lowest BCUT2D eigenvalue weighted by Crippen LogP contribution is -2.04. The van der Waals surface area contributed by atoms with Crippen LogP contribution in [0.3, 0.4) is 0 Å². The van der Waals surface area contributed by atoms with E-state index in [9.17, 15) is 4.79 Å². The number of carbonyl (C=O) groups excluding carboxylic acids is 1. The summed E-state index contributed by atoms with van der Waals surface area (Å²) >= 11 is 0. The third-order valence-electron chi connectivity index (χ3n) is 1.13. The highest BCUT2D eigenvalue weighted by molar-refractivity contribution is 5.88. The van der Waals surface area contributed by atoms with Crippen molar-refractivity contribution in [1.29, 1.82) is 5.26 Å². The molecule has 0 spiro atoms. The van der Waals surface area contributed by atoms with Crippen molar-refractivity contribution in [1.82, 2.24) is 0 Å². The van der Waals surface area contributed by atoms with E-state index >= 15 is 0 Å². The third-order valence-corrected chi connectivity index (χ3v) is 1.13. The van der Waals surface area contributed by atoms with Gasteiger partial charge in [-0.15, -0.1) is 0 Å². The Morgan fingerprint density at radius 1 is 1.75 bits per heavy atom. The van der Waals surface area contributed by atoms with Gasteiger partial charge in [-0.1, -0.05) is 6.58 Å². The highest BCUT2D eigenvalue weighted by atomic mass is 16.5. The fourth-order valence-corrected chi connectivity index (χ4v) is 0.597. The van der Waals surface area contributed by atoms with Gasteiger partial charge >= 0.3 is 5.97 Å². The maximum absolute atomic E-state index is 11.0. The van der Waals surface area contributed by atoms with Crippen LogP contribution in [0.15, 0.2) is 23.8 Å². The Hall–Kier alpha value is -1.56. The number of nitrogens with zero attached hydrogens (tertiary/aromatic N) is 1. The van der Waals surface area contributed by atoms with E-state index in [2.05, 4.69) is 6.58 Å². The first kappa shape index (κ1) is 10.4. The van der Waals surface area contributed by atoms with E-state index in [4.69, 9.17) is 10.00 Å². The minimum Gasteiger partial charge on any atom is -0.463 e. The number of hydrogen-bond acceptors (Lipinski definition) is 3. The standard InChI is InChI=1S/C9H11NO2/c1-4-12-9(11)8(3)5-7(2)6-10/h5H,2,4H2,1,3H3/b8-5+. The van der Waals surface area contributed by atoms with Crippen LogP contribution in [0.4, 0.5) is 0 Å². The Labute approximate surface area is 71.9 Å². The molecule has 0 radical (unpaired) electrons. The fraction of sp³-hybridized carbons (Fsp3) is 0.333. The van der Waals surface area contributed by atoms with Gasteiger partial charge in [0.05, 0.1) is 12.7 Å². The Morgan fingerprint density at radius 3 is 2.75 bits per heavy atom. The van der Waals surface area contributed by atoms with Crippen molar-refractivity contribution in [3.8, 4) is 6.07 Å². The van der Waals surface area contributed by atoms with Crippen LogP contribution < -0.4 is 0 Å². The lowest BCUT2D eigenvalue weighted by Gasteiger charge is -1.99. The average Bonchev–Trinajstić information content (AvgIpc) is 2.04. The molecule has 0 saturated heterocycles. The molecule has 0 aliphatic carbocycles. The van der Waals surface area contributed by atoms with Crippen molar-refractivity contribution in [2.75, 3.05) is 6.61 Å². The van der Waals surface area contributed by atoms with Crippen molar-refractivity contribution < 1.29 is 9.53 Å². The number of hydrogen-bond donors (Lipinski definition) is 0. The Kier molecular flexibility index (Phi) is 4.47. The van der Waals surface area contributed by atoms with E-state index in [-0.39, 0.29) is 5.57 Å². The summed E-state index contributed by atoms with van der Waals surface area (Å²) < 4.78 is 4.69. The number of nitriles is 1. The number of allylic oxidation sites excluding steroid dienone is 2. The first-order chi connectivity index (χ1) is 5.61. The molecule has 0 bridgehead atoms. The third kappa shape index (κ3) is 3.57. The molecule has 12 heavy (non-hydrogen) atoms. The van der Waals surface area contributed by atoms with Gasteiger partial charge in [0, 0.05) is 11.1 Å². The molecule has 3 nitrogen and oxygen atoms in total. The lowest BCUT2D eigenvalue weighted by molar-refractivity contribution is -0.138. The number of carbonyl (C=O) groups is 1. The van der Waals surface area contributed by atoms with Crippen LogP contribution in [0.1, 0.15) is 13.8 Å². The van der Waals surface area contributed by atoms with Crippen LogP contribution in [0.2, 0.25) is 0 Å². The van der Waals surface area contributed by atoms with Crippen LogP contribution >= 0.6 is 0 Å². The SMILES string of the molecule is C=C(C#N)/C=C(\C)C(=O)OCC. The summed E-state index contributed by atoms with van der Waals surface area (Å²) in [5, 5.41) is 8.35. The summed E-state index contributed by atoms with van der Waals surface area (Å²) in [7, 11) is 0. The summed E-state index contributed by atoms with van der Waals surface area (Å²) in [6.45, 7) is 7.06. The molecule has 0 aromatic carbocycles. The van der Waals surface area contributed by atoms with Crippen LogP contribution in [-0.4, -0.2) is 12.6 Å². The van der Waals surface area contributed by atoms with Gasteiger partial charge in [-0.05, 0) is 19.9 Å². The molecule has 0 fully saturated rings. The molecular formula is C9H11NO2. The van der Waals surface area contributed by atoms with Crippen LogP contribution in [0, 0.1) is 11.3 Å². The maximum Gasteiger partial charge on any atom is 0.333 e. The van der Waals surface area contributed by atoms with Crippen molar-refractivity contribution in [3.05, 3.63) is 23.8 Å². The van der Waals surface area contributed by atoms with Crippen molar-refractivity contribution in [2.24, 2.45) is 0 Å². The molecule has 3 heteroatoms. The summed E-state index contributed by atoms with van der Waals surface area (Å²) in [5.41, 5.74) is 0.643. The fourth-order valence-electron chi connectivity index (χ4n) is 0.597. The molecule has 0 saturated carbocycles. The highest BCUT2D eigenvalue weighted by Crippen LogP contribution is 2.01. The molecule has 0 aromatic heterocycles. The molecule has 0 aliphatic rings. The summed E-state index contributed by atoms with van der Waals surface area (Å²) in [5.74, 6) is -0.408. The molecule has 0 aliphatic heterocycles. The molecule has 0 heterocycles. The zero-order valence-corrected chi connectivity index (χ0v) is 7.26. The largest absolute Gasteiger partial charge is 0.463 e. The second-order valence-electron chi connectivity index (χ2n) is 2.18. The van der Waals surface area contributed by atoms with Gasteiger partial charge in [-0.25, -0.2) is 4.79 Å². The van der Waals surface area contributed by atoms with E-state index in [0.717, 1.165) is 0 Å². The van der Waals surface area contributed by atoms with Gasteiger partial charge in [-0.2, -0.15) is 5.26 Å². The second-order valence-corrected chi connectivity index (χ2v) is 2.18. The first-order valence-corrected chi connectivity index (χ1v) is 3.56.